The first-order chi connectivity index (χ1) is 5.68. The second kappa shape index (κ2) is 5.59. The lowest BCUT2D eigenvalue weighted by Gasteiger charge is -2.04. The maximum atomic E-state index is 11.7. The summed E-state index contributed by atoms with van der Waals surface area (Å²) in [5, 5.41) is 0. The van der Waals surface area contributed by atoms with Crippen LogP contribution < -0.4 is 10.5 Å². The highest BCUT2D eigenvalue weighted by molar-refractivity contribution is 5.85. The number of hydrogen-bond acceptors (Lipinski definition) is 2. The van der Waals surface area contributed by atoms with E-state index in [9.17, 15) is 8.78 Å². The molecule has 13 heavy (non-hydrogen) atoms. The van der Waals surface area contributed by atoms with Crippen LogP contribution in [0.25, 0.3) is 0 Å². The van der Waals surface area contributed by atoms with Crippen LogP contribution in [0.5, 0.6) is 5.75 Å². The van der Waals surface area contributed by atoms with Crippen LogP contribution in [-0.4, -0.2) is 13.0 Å². The fourth-order valence-corrected chi connectivity index (χ4v) is 0.723. The van der Waals surface area contributed by atoms with Gasteiger partial charge in [-0.25, -0.2) is 8.78 Å². The van der Waals surface area contributed by atoms with Crippen molar-refractivity contribution < 1.29 is 13.5 Å². The molecule has 1 aromatic carbocycles. The van der Waals surface area contributed by atoms with Gasteiger partial charge in [0.05, 0.1) is 0 Å². The van der Waals surface area contributed by atoms with Gasteiger partial charge in [-0.1, -0.05) is 0 Å². The van der Waals surface area contributed by atoms with Gasteiger partial charge in [-0.05, 0) is 24.3 Å². The summed E-state index contributed by atoms with van der Waals surface area (Å²) in [6.45, 7) is -0.579. The number of hydrogen-bond donors (Lipinski definition) is 1. The summed E-state index contributed by atoms with van der Waals surface area (Å²) >= 11 is 0. The van der Waals surface area contributed by atoms with E-state index < -0.39 is 13.0 Å². The lowest BCUT2D eigenvalue weighted by Crippen LogP contribution is -2.06. The Bertz CT molecular complexity index is 240. The minimum atomic E-state index is -2.44. The molecule has 0 fully saturated rings. The van der Waals surface area contributed by atoms with Gasteiger partial charge >= 0.3 is 0 Å². The Hall–Kier alpha value is -1.03. The molecule has 0 aliphatic carbocycles. The standard InChI is InChI=1S/C8H9F2NO.ClH/c9-8(10)5-12-7-3-1-6(11)2-4-7;/h1-4,8H,5,11H2;1H. The minimum Gasteiger partial charge on any atom is -0.488 e. The van der Waals surface area contributed by atoms with Crippen LogP contribution in [0.4, 0.5) is 14.5 Å². The monoisotopic (exact) mass is 209 g/mol. The van der Waals surface area contributed by atoms with Gasteiger partial charge in [0, 0.05) is 5.69 Å². The molecule has 1 aromatic rings. The summed E-state index contributed by atoms with van der Waals surface area (Å²) in [4.78, 5) is 0. The first-order valence-electron chi connectivity index (χ1n) is 3.45. The van der Waals surface area contributed by atoms with E-state index in [0.717, 1.165) is 0 Å². The first-order valence-corrected chi connectivity index (χ1v) is 3.45. The maximum Gasteiger partial charge on any atom is 0.272 e. The lowest BCUT2D eigenvalue weighted by atomic mass is 10.3. The molecule has 0 aliphatic rings. The topological polar surface area (TPSA) is 35.2 Å². The van der Waals surface area contributed by atoms with E-state index in [2.05, 4.69) is 0 Å². The van der Waals surface area contributed by atoms with Crippen LogP contribution in [0, 0.1) is 0 Å². The summed E-state index contributed by atoms with van der Waals surface area (Å²) in [7, 11) is 0. The van der Waals surface area contributed by atoms with E-state index in [1.54, 1.807) is 24.3 Å². The third-order valence-electron chi connectivity index (χ3n) is 1.26. The summed E-state index contributed by atoms with van der Waals surface area (Å²) in [5.41, 5.74) is 5.96. The highest BCUT2D eigenvalue weighted by atomic mass is 35.5. The van der Waals surface area contributed by atoms with Gasteiger partial charge in [0.2, 0.25) is 0 Å². The molecule has 5 heteroatoms. The van der Waals surface area contributed by atoms with Crippen LogP contribution in [-0.2, 0) is 0 Å². The molecule has 74 valence electrons. The Morgan fingerprint density at radius 3 is 2.23 bits per heavy atom. The predicted octanol–water partition coefficient (Wildman–Crippen LogP) is 2.33. The molecule has 2 N–H and O–H groups in total. The minimum absolute atomic E-state index is 0. The van der Waals surface area contributed by atoms with Crippen molar-refractivity contribution in [3.05, 3.63) is 24.3 Å². The van der Waals surface area contributed by atoms with Gasteiger partial charge in [0.1, 0.15) is 12.4 Å². The SMILES string of the molecule is Cl.Nc1ccc(OCC(F)F)cc1. The maximum absolute atomic E-state index is 11.7. The third kappa shape index (κ3) is 4.52. The van der Waals surface area contributed by atoms with E-state index in [4.69, 9.17) is 10.5 Å². The second-order valence-corrected chi connectivity index (χ2v) is 2.27. The molecule has 0 radical (unpaired) electrons. The Balaban J connectivity index is 0.00000144. The van der Waals surface area contributed by atoms with Crippen LogP contribution in [0.1, 0.15) is 0 Å². The average molecular weight is 210 g/mol. The Labute approximate surface area is 81.1 Å². The smallest absolute Gasteiger partial charge is 0.272 e. The molecule has 0 atom stereocenters. The molecule has 0 heterocycles. The van der Waals surface area contributed by atoms with Crippen LogP contribution in [0.15, 0.2) is 24.3 Å². The summed E-state index contributed by atoms with van der Waals surface area (Å²) in [5.74, 6) is 0.407. The zero-order chi connectivity index (χ0) is 8.97. The molecule has 0 unspecified atom stereocenters. The summed E-state index contributed by atoms with van der Waals surface area (Å²) in [6, 6.07) is 6.30. The fraction of sp³-hybridized carbons (Fsp3) is 0.250. The van der Waals surface area contributed by atoms with E-state index in [1.807, 2.05) is 0 Å². The fourth-order valence-electron chi connectivity index (χ4n) is 0.723. The van der Waals surface area contributed by atoms with Crippen molar-refractivity contribution in [1.82, 2.24) is 0 Å². The molecule has 1 rings (SSSR count). The van der Waals surface area contributed by atoms with Crippen LogP contribution >= 0.6 is 12.4 Å². The van der Waals surface area contributed by atoms with Crippen molar-refractivity contribution in [3.63, 3.8) is 0 Å². The summed E-state index contributed by atoms with van der Waals surface area (Å²) < 4.78 is 28.0. The number of nitrogens with two attached hydrogens (primary N) is 1. The highest BCUT2D eigenvalue weighted by Gasteiger charge is 2.02. The van der Waals surface area contributed by atoms with E-state index in [1.165, 1.54) is 0 Å². The molecule has 0 aromatic heterocycles. The van der Waals surface area contributed by atoms with Gasteiger partial charge in [0.25, 0.3) is 6.43 Å². The van der Waals surface area contributed by atoms with Crippen molar-refractivity contribution in [3.8, 4) is 5.75 Å². The zero-order valence-corrected chi connectivity index (χ0v) is 7.56. The predicted molar refractivity (Wildman–Crippen MR) is 49.6 cm³/mol. The quantitative estimate of drug-likeness (QED) is 0.776. The van der Waals surface area contributed by atoms with E-state index in [0.29, 0.717) is 11.4 Å². The number of alkyl halides is 2. The zero-order valence-electron chi connectivity index (χ0n) is 6.74. The number of nitrogen functional groups attached to an aromatic ring is 1. The number of benzene rings is 1. The van der Waals surface area contributed by atoms with Crippen molar-refractivity contribution in [2.75, 3.05) is 12.3 Å². The number of anilines is 1. The average Bonchev–Trinajstić information content (AvgIpc) is 2.03. The molecule has 0 bridgehead atoms. The van der Waals surface area contributed by atoms with Gasteiger partial charge in [0.15, 0.2) is 0 Å². The van der Waals surface area contributed by atoms with Crippen LogP contribution in [0.2, 0.25) is 0 Å². The molecule has 0 spiro atoms. The Morgan fingerprint density at radius 2 is 1.77 bits per heavy atom. The molecule has 0 amide bonds. The normalized spacial score (nSPS) is 9.46. The third-order valence-corrected chi connectivity index (χ3v) is 1.26. The molecular weight excluding hydrogens is 200 g/mol. The second-order valence-electron chi connectivity index (χ2n) is 2.27. The molecular formula is C8H10ClF2NO. The number of rotatable bonds is 3. The van der Waals surface area contributed by atoms with Crippen LogP contribution in [0.3, 0.4) is 0 Å². The van der Waals surface area contributed by atoms with Gasteiger partial charge < -0.3 is 10.5 Å². The van der Waals surface area contributed by atoms with E-state index >= 15 is 0 Å². The van der Waals surface area contributed by atoms with Gasteiger partial charge in [-0.3, -0.25) is 0 Å². The highest BCUT2D eigenvalue weighted by Crippen LogP contribution is 2.13. The Morgan fingerprint density at radius 1 is 1.23 bits per heavy atom. The number of ether oxygens (including phenoxy) is 1. The number of halogens is 3. The van der Waals surface area contributed by atoms with Crippen molar-refractivity contribution in [2.45, 2.75) is 6.43 Å². The largest absolute Gasteiger partial charge is 0.488 e. The molecule has 0 saturated heterocycles. The summed E-state index contributed by atoms with van der Waals surface area (Å²) in [6.07, 6.45) is -2.44. The molecule has 2 nitrogen and oxygen atoms in total. The molecule has 0 saturated carbocycles. The Kier molecular flexibility index (Phi) is 5.14. The van der Waals surface area contributed by atoms with Gasteiger partial charge in [-0.2, -0.15) is 0 Å². The first kappa shape index (κ1) is 12.0. The molecule has 0 aliphatic heterocycles. The van der Waals surface area contributed by atoms with Gasteiger partial charge in [-0.15, -0.1) is 12.4 Å². The van der Waals surface area contributed by atoms with Crippen molar-refractivity contribution >= 4 is 18.1 Å². The lowest BCUT2D eigenvalue weighted by molar-refractivity contribution is 0.0819. The van der Waals surface area contributed by atoms with E-state index in [-0.39, 0.29) is 12.4 Å². The van der Waals surface area contributed by atoms with Crippen molar-refractivity contribution in [2.24, 2.45) is 0 Å². The van der Waals surface area contributed by atoms with Crippen molar-refractivity contribution in [1.29, 1.82) is 0 Å².